The molecule has 1 fully saturated rings. The second kappa shape index (κ2) is 6.00. The van der Waals surface area contributed by atoms with Crippen molar-refractivity contribution in [2.75, 3.05) is 5.32 Å². The number of rotatable bonds is 5. The van der Waals surface area contributed by atoms with Crippen LogP contribution in [0.15, 0.2) is 34.7 Å². The van der Waals surface area contributed by atoms with Crippen LogP contribution in [0.3, 0.4) is 0 Å². The molecule has 1 saturated carbocycles. The number of hydrogen-bond acceptors (Lipinski definition) is 5. The maximum Gasteiger partial charge on any atom is 0.235 e. The van der Waals surface area contributed by atoms with Crippen molar-refractivity contribution in [3.8, 4) is 0 Å². The van der Waals surface area contributed by atoms with E-state index in [4.69, 9.17) is 23.2 Å². The van der Waals surface area contributed by atoms with Gasteiger partial charge in [-0.25, -0.2) is 0 Å². The van der Waals surface area contributed by atoms with E-state index in [0.717, 1.165) is 10.1 Å². The molecule has 8 heteroatoms. The zero-order valence-electron chi connectivity index (χ0n) is 11.7. The zero-order valence-corrected chi connectivity index (χ0v) is 14.8. The van der Waals surface area contributed by atoms with E-state index in [1.807, 2.05) is 18.2 Å². The molecule has 1 aromatic carbocycles. The second-order valence-electron chi connectivity index (χ2n) is 5.31. The summed E-state index contributed by atoms with van der Waals surface area (Å²) < 4.78 is -0.171. The molecule has 1 N–H and O–H groups in total. The van der Waals surface area contributed by atoms with Crippen molar-refractivity contribution in [3.63, 3.8) is 0 Å². The Kier molecular flexibility index (Phi) is 4.38. The maximum absolute atomic E-state index is 12.2. The summed E-state index contributed by atoms with van der Waals surface area (Å²) in [6, 6.07) is 10.1. The lowest BCUT2D eigenvalue weighted by atomic mass is 10.1. The van der Waals surface area contributed by atoms with E-state index in [1.165, 1.54) is 16.9 Å². The second-order valence-corrected chi connectivity index (χ2v) is 9.00. The van der Waals surface area contributed by atoms with Crippen LogP contribution < -0.4 is 5.32 Å². The van der Waals surface area contributed by atoms with Gasteiger partial charge in [-0.15, -0.1) is 33.4 Å². The Morgan fingerprint density at radius 3 is 2.68 bits per heavy atom. The SMILES string of the molecule is CC1(C(=O)Nc2nnc(SCc3ccccc3)s2)CC1(Cl)Cl. The fraction of sp³-hybridized carbons (Fsp3) is 0.357. The molecule has 1 atom stereocenters. The number of amides is 1. The number of carbonyl (C=O) groups excluding carboxylic acids is 1. The van der Waals surface area contributed by atoms with Gasteiger partial charge in [0.25, 0.3) is 0 Å². The molecule has 1 aromatic heterocycles. The number of benzene rings is 1. The molecule has 1 aliphatic rings. The van der Waals surface area contributed by atoms with E-state index in [9.17, 15) is 4.79 Å². The average molecular weight is 374 g/mol. The fourth-order valence-corrected chi connectivity index (χ4v) is 4.33. The van der Waals surface area contributed by atoms with Gasteiger partial charge in [0.1, 0.15) is 4.33 Å². The molecule has 0 aliphatic heterocycles. The summed E-state index contributed by atoms with van der Waals surface area (Å²) in [5.41, 5.74) is 0.465. The smallest absolute Gasteiger partial charge is 0.235 e. The number of nitrogens with one attached hydrogen (secondary N) is 1. The number of thioether (sulfide) groups is 1. The minimum Gasteiger partial charge on any atom is -0.300 e. The molecular weight excluding hydrogens is 361 g/mol. The van der Waals surface area contributed by atoms with Crippen LogP contribution >= 0.6 is 46.3 Å². The van der Waals surface area contributed by atoms with Gasteiger partial charge in [-0.05, 0) is 18.9 Å². The molecule has 1 aliphatic carbocycles. The van der Waals surface area contributed by atoms with Crippen molar-refractivity contribution in [2.45, 2.75) is 27.8 Å². The highest BCUT2D eigenvalue weighted by molar-refractivity contribution is 8.00. The Labute approximate surface area is 146 Å². The maximum atomic E-state index is 12.2. The Balaban J connectivity index is 1.57. The highest BCUT2D eigenvalue weighted by atomic mass is 35.5. The van der Waals surface area contributed by atoms with Gasteiger partial charge in [0.15, 0.2) is 4.34 Å². The molecular formula is C14H13Cl2N3OS2. The summed E-state index contributed by atoms with van der Waals surface area (Å²) in [4.78, 5) is 12.2. The number of anilines is 1. The van der Waals surface area contributed by atoms with Crippen molar-refractivity contribution >= 4 is 57.3 Å². The van der Waals surface area contributed by atoms with Crippen LogP contribution in [0, 0.1) is 5.41 Å². The normalized spacial score (nSPS) is 22.3. The minimum absolute atomic E-state index is 0.215. The summed E-state index contributed by atoms with van der Waals surface area (Å²) in [6.07, 6.45) is 0.448. The first-order valence-electron chi connectivity index (χ1n) is 6.60. The molecule has 0 spiro atoms. The summed E-state index contributed by atoms with van der Waals surface area (Å²) in [5.74, 6) is 0.599. The van der Waals surface area contributed by atoms with Gasteiger partial charge >= 0.3 is 0 Å². The molecule has 4 nitrogen and oxygen atoms in total. The standard InChI is InChI=1S/C14H13Cl2N3OS2/c1-13(8-14(13,15)16)10(20)17-11-18-19-12(22-11)21-7-9-5-3-2-4-6-9/h2-6H,7-8H2,1H3,(H,17,18,20). The average Bonchev–Trinajstić information content (AvgIpc) is 2.84. The quantitative estimate of drug-likeness (QED) is 0.480. The lowest BCUT2D eigenvalue weighted by Gasteiger charge is -2.09. The Morgan fingerprint density at radius 2 is 2.05 bits per heavy atom. The Morgan fingerprint density at radius 1 is 1.36 bits per heavy atom. The fourth-order valence-electron chi connectivity index (χ4n) is 1.92. The van der Waals surface area contributed by atoms with Gasteiger partial charge in [0.05, 0.1) is 5.41 Å². The third-order valence-electron chi connectivity index (χ3n) is 3.59. The van der Waals surface area contributed by atoms with Crippen LogP contribution in [0.25, 0.3) is 0 Å². The number of nitrogens with zero attached hydrogens (tertiary/aromatic N) is 2. The summed E-state index contributed by atoms with van der Waals surface area (Å²) in [5, 5.41) is 11.3. The molecule has 0 bridgehead atoms. The van der Waals surface area contributed by atoms with Crippen molar-refractivity contribution in [3.05, 3.63) is 35.9 Å². The lowest BCUT2D eigenvalue weighted by Crippen LogP contribution is -2.25. The van der Waals surface area contributed by atoms with Gasteiger partial charge < -0.3 is 0 Å². The monoisotopic (exact) mass is 373 g/mol. The highest BCUT2D eigenvalue weighted by Crippen LogP contribution is 2.64. The molecule has 1 heterocycles. The van der Waals surface area contributed by atoms with Gasteiger partial charge in [-0.3, -0.25) is 10.1 Å². The number of halogens is 2. The number of aromatic nitrogens is 2. The van der Waals surface area contributed by atoms with Gasteiger partial charge in [-0.1, -0.05) is 53.4 Å². The first-order chi connectivity index (χ1) is 10.4. The first kappa shape index (κ1) is 16.1. The summed E-state index contributed by atoms with van der Waals surface area (Å²) in [7, 11) is 0. The molecule has 116 valence electrons. The summed E-state index contributed by atoms with van der Waals surface area (Å²) >= 11 is 14.9. The first-order valence-corrected chi connectivity index (χ1v) is 9.16. The molecule has 3 rings (SSSR count). The number of hydrogen-bond donors (Lipinski definition) is 1. The molecule has 1 unspecified atom stereocenters. The zero-order chi connectivity index (χ0) is 15.8. The van der Waals surface area contributed by atoms with E-state index in [-0.39, 0.29) is 5.91 Å². The van der Waals surface area contributed by atoms with Crippen LogP contribution in [0.1, 0.15) is 18.9 Å². The Hall–Kier alpha value is -0.820. The van der Waals surface area contributed by atoms with Crippen molar-refractivity contribution in [2.24, 2.45) is 5.41 Å². The van der Waals surface area contributed by atoms with Crippen LogP contribution in [0.4, 0.5) is 5.13 Å². The van der Waals surface area contributed by atoms with Crippen LogP contribution in [-0.4, -0.2) is 20.4 Å². The van der Waals surface area contributed by atoms with E-state index in [2.05, 4.69) is 27.6 Å². The predicted octanol–water partition coefficient (Wildman–Crippen LogP) is 4.35. The van der Waals surface area contributed by atoms with Crippen molar-refractivity contribution < 1.29 is 4.79 Å². The third kappa shape index (κ3) is 3.25. The van der Waals surface area contributed by atoms with E-state index < -0.39 is 9.75 Å². The van der Waals surface area contributed by atoms with Gasteiger partial charge in [0, 0.05) is 5.75 Å². The van der Waals surface area contributed by atoms with Gasteiger partial charge in [0.2, 0.25) is 11.0 Å². The van der Waals surface area contributed by atoms with Gasteiger partial charge in [-0.2, -0.15) is 0 Å². The summed E-state index contributed by atoms with van der Waals surface area (Å²) in [6.45, 7) is 1.74. The Bertz CT molecular complexity index is 692. The molecule has 22 heavy (non-hydrogen) atoms. The molecule has 1 amide bonds. The van der Waals surface area contributed by atoms with Crippen molar-refractivity contribution in [1.29, 1.82) is 0 Å². The van der Waals surface area contributed by atoms with Crippen LogP contribution in [0.2, 0.25) is 0 Å². The molecule has 2 aromatic rings. The van der Waals surface area contributed by atoms with E-state index in [0.29, 0.717) is 11.6 Å². The van der Waals surface area contributed by atoms with Crippen LogP contribution in [-0.2, 0) is 10.5 Å². The highest BCUT2D eigenvalue weighted by Gasteiger charge is 2.68. The topological polar surface area (TPSA) is 54.9 Å². The molecule has 0 radical (unpaired) electrons. The van der Waals surface area contributed by atoms with E-state index in [1.54, 1.807) is 18.7 Å². The predicted molar refractivity (Wildman–Crippen MR) is 91.7 cm³/mol. The lowest BCUT2D eigenvalue weighted by molar-refractivity contribution is -0.120. The minimum atomic E-state index is -0.980. The van der Waals surface area contributed by atoms with E-state index >= 15 is 0 Å². The number of alkyl halides is 2. The largest absolute Gasteiger partial charge is 0.300 e. The third-order valence-corrected chi connectivity index (χ3v) is 6.74. The van der Waals surface area contributed by atoms with Crippen LogP contribution in [0.5, 0.6) is 0 Å². The van der Waals surface area contributed by atoms with Crippen molar-refractivity contribution in [1.82, 2.24) is 10.2 Å². The number of carbonyl (C=O) groups is 1. The molecule has 0 saturated heterocycles.